The number of hydrogen-bond donors (Lipinski definition) is 0. The molecule has 4 nitrogen and oxygen atoms in total. The van der Waals surface area contributed by atoms with Crippen LogP contribution in [0.3, 0.4) is 0 Å². The summed E-state index contributed by atoms with van der Waals surface area (Å²) in [5, 5.41) is 5.32. The number of nitrogens with zero attached hydrogens (tertiary/aromatic N) is 4. The molecular formula is C18H14F2N4S. The number of hydrogen-bond acceptors (Lipinski definition) is 4. The molecule has 0 spiro atoms. The molecule has 1 aliphatic carbocycles. The Hall–Kier alpha value is -2.41. The van der Waals surface area contributed by atoms with Crippen molar-refractivity contribution in [1.82, 2.24) is 19.6 Å². The van der Waals surface area contributed by atoms with Crippen molar-refractivity contribution in [2.75, 3.05) is 0 Å². The minimum atomic E-state index is -0.539. The van der Waals surface area contributed by atoms with Gasteiger partial charge in [0.05, 0.1) is 10.9 Å². The molecule has 0 aliphatic heterocycles. The summed E-state index contributed by atoms with van der Waals surface area (Å²) in [6, 6.07) is 3.31. The summed E-state index contributed by atoms with van der Waals surface area (Å²) in [6.07, 6.45) is 4.78. The van der Waals surface area contributed by atoms with Crippen molar-refractivity contribution in [2.24, 2.45) is 5.92 Å². The molecule has 7 heteroatoms. The number of fused-ring (bicyclic) bond motifs is 5. The summed E-state index contributed by atoms with van der Waals surface area (Å²) in [7, 11) is 0. The number of aryl methyl sites for hydroxylation is 1. The van der Waals surface area contributed by atoms with Crippen LogP contribution in [0.25, 0.3) is 27.3 Å². The van der Waals surface area contributed by atoms with Gasteiger partial charge in [-0.3, -0.25) is 0 Å². The van der Waals surface area contributed by atoms with Crippen LogP contribution in [0.2, 0.25) is 0 Å². The first-order valence-corrected chi connectivity index (χ1v) is 9.03. The molecule has 1 atom stereocenters. The highest BCUT2D eigenvalue weighted by Gasteiger charge is 2.24. The van der Waals surface area contributed by atoms with Crippen LogP contribution in [0.4, 0.5) is 8.78 Å². The first-order chi connectivity index (χ1) is 12.1. The Labute approximate surface area is 146 Å². The standard InChI is InChI=1S/C18H14F2N4S/c1-9-2-4-11-14(6-9)25-18-15(11)17-22-16(23-24(17)8-21-18)12-7-10(19)3-5-13(12)20/h3,5,7-9H,2,4,6H2,1H3/t9-/m1/s1. The second-order valence-corrected chi connectivity index (χ2v) is 7.69. The number of aromatic nitrogens is 4. The fraction of sp³-hybridized carbons (Fsp3) is 0.278. The Kier molecular flexibility index (Phi) is 3.15. The molecule has 1 aromatic carbocycles. The van der Waals surface area contributed by atoms with Gasteiger partial charge in [-0.25, -0.2) is 23.3 Å². The fourth-order valence-electron chi connectivity index (χ4n) is 3.52. The Morgan fingerprint density at radius 3 is 3.04 bits per heavy atom. The molecule has 0 amide bonds. The summed E-state index contributed by atoms with van der Waals surface area (Å²) < 4.78 is 29.2. The predicted octanol–water partition coefficient (Wildman–Crippen LogP) is 4.41. The number of halogens is 2. The van der Waals surface area contributed by atoms with Gasteiger partial charge >= 0.3 is 0 Å². The van der Waals surface area contributed by atoms with Crippen LogP contribution in [0.5, 0.6) is 0 Å². The third-order valence-corrected chi connectivity index (χ3v) is 5.96. The molecule has 0 radical (unpaired) electrons. The highest BCUT2D eigenvalue weighted by Crippen LogP contribution is 2.38. The first kappa shape index (κ1) is 14.9. The van der Waals surface area contributed by atoms with E-state index < -0.39 is 11.6 Å². The van der Waals surface area contributed by atoms with Gasteiger partial charge in [0.2, 0.25) is 0 Å². The molecule has 0 unspecified atom stereocenters. The molecule has 0 saturated carbocycles. The van der Waals surface area contributed by atoms with Gasteiger partial charge in [-0.15, -0.1) is 16.4 Å². The largest absolute Gasteiger partial charge is 0.225 e. The quantitative estimate of drug-likeness (QED) is 0.507. The van der Waals surface area contributed by atoms with Crippen LogP contribution in [0, 0.1) is 17.6 Å². The van der Waals surface area contributed by atoms with E-state index in [1.165, 1.54) is 10.4 Å². The van der Waals surface area contributed by atoms with Gasteiger partial charge in [-0.05, 0) is 48.9 Å². The molecular weight excluding hydrogens is 342 g/mol. The predicted molar refractivity (Wildman–Crippen MR) is 92.7 cm³/mol. The van der Waals surface area contributed by atoms with Crippen LogP contribution < -0.4 is 0 Å². The topological polar surface area (TPSA) is 43.1 Å². The summed E-state index contributed by atoms with van der Waals surface area (Å²) in [5.74, 6) is -0.204. The Morgan fingerprint density at radius 1 is 1.28 bits per heavy atom. The van der Waals surface area contributed by atoms with Crippen molar-refractivity contribution in [1.29, 1.82) is 0 Å². The van der Waals surface area contributed by atoms with Gasteiger partial charge < -0.3 is 0 Å². The second-order valence-electron chi connectivity index (χ2n) is 6.60. The lowest BCUT2D eigenvalue weighted by atomic mass is 9.89. The molecule has 0 bridgehead atoms. The molecule has 126 valence electrons. The fourth-order valence-corrected chi connectivity index (χ4v) is 4.87. The smallest absolute Gasteiger partial charge is 0.185 e. The molecule has 0 saturated heterocycles. The normalized spacial score (nSPS) is 17.3. The van der Waals surface area contributed by atoms with Gasteiger partial charge in [0.1, 0.15) is 22.8 Å². The van der Waals surface area contributed by atoms with E-state index in [0.717, 1.165) is 47.7 Å². The van der Waals surface area contributed by atoms with Crippen molar-refractivity contribution in [3.05, 3.63) is 46.6 Å². The van der Waals surface area contributed by atoms with E-state index in [1.54, 1.807) is 22.2 Å². The van der Waals surface area contributed by atoms with Crippen LogP contribution in [0.1, 0.15) is 23.8 Å². The minimum absolute atomic E-state index is 0.0644. The minimum Gasteiger partial charge on any atom is -0.225 e. The Bertz CT molecular complexity index is 1130. The third kappa shape index (κ3) is 2.26. The van der Waals surface area contributed by atoms with Crippen LogP contribution >= 0.6 is 11.3 Å². The monoisotopic (exact) mass is 356 g/mol. The summed E-state index contributed by atoms with van der Waals surface area (Å²) in [5.41, 5.74) is 2.01. The highest BCUT2D eigenvalue weighted by atomic mass is 32.1. The van der Waals surface area contributed by atoms with E-state index in [1.807, 2.05) is 0 Å². The van der Waals surface area contributed by atoms with Crippen LogP contribution in [-0.4, -0.2) is 19.6 Å². The third-order valence-electron chi connectivity index (χ3n) is 4.80. The molecule has 3 heterocycles. The Morgan fingerprint density at radius 2 is 2.16 bits per heavy atom. The molecule has 3 aromatic heterocycles. The van der Waals surface area contributed by atoms with Crippen molar-refractivity contribution in [3.63, 3.8) is 0 Å². The maximum atomic E-state index is 14.1. The number of benzene rings is 1. The van der Waals surface area contributed by atoms with Gasteiger partial charge in [-0.1, -0.05) is 6.92 Å². The zero-order chi connectivity index (χ0) is 17.1. The van der Waals surface area contributed by atoms with Crippen LogP contribution in [-0.2, 0) is 12.8 Å². The molecule has 4 aromatic rings. The average molecular weight is 356 g/mol. The zero-order valence-electron chi connectivity index (χ0n) is 13.5. The van der Waals surface area contributed by atoms with Gasteiger partial charge in [0.15, 0.2) is 11.5 Å². The van der Waals surface area contributed by atoms with Crippen molar-refractivity contribution >= 4 is 27.2 Å². The summed E-state index contributed by atoms with van der Waals surface area (Å²) in [4.78, 5) is 11.3. The second kappa shape index (κ2) is 5.29. The lowest BCUT2D eigenvalue weighted by Crippen LogP contribution is -2.08. The van der Waals surface area contributed by atoms with Gasteiger partial charge in [0, 0.05) is 4.88 Å². The van der Waals surface area contributed by atoms with Gasteiger partial charge in [-0.2, -0.15) is 0 Å². The van der Waals surface area contributed by atoms with Crippen molar-refractivity contribution in [2.45, 2.75) is 26.2 Å². The van der Waals surface area contributed by atoms with E-state index >= 15 is 0 Å². The van der Waals surface area contributed by atoms with E-state index in [-0.39, 0.29) is 11.4 Å². The van der Waals surface area contributed by atoms with E-state index in [2.05, 4.69) is 22.0 Å². The summed E-state index contributed by atoms with van der Waals surface area (Å²) in [6.45, 7) is 2.26. The van der Waals surface area contributed by atoms with Gasteiger partial charge in [0.25, 0.3) is 0 Å². The lowest BCUT2D eigenvalue weighted by molar-refractivity contribution is 0.509. The maximum absolute atomic E-state index is 14.1. The zero-order valence-corrected chi connectivity index (χ0v) is 14.3. The lowest BCUT2D eigenvalue weighted by Gasteiger charge is -2.17. The van der Waals surface area contributed by atoms with Crippen molar-refractivity contribution in [3.8, 4) is 11.4 Å². The SMILES string of the molecule is C[C@@H]1CCc2c(sc3ncn4nc(-c5cc(F)ccc5F)nc4c23)C1. The first-order valence-electron chi connectivity index (χ1n) is 8.21. The van der Waals surface area contributed by atoms with E-state index in [0.29, 0.717) is 11.6 Å². The maximum Gasteiger partial charge on any atom is 0.185 e. The Balaban J connectivity index is 1.77. The summed E-state index contributed by atoms with van der Waals surface area (Å²) >= 11 is 1.70. The van der Waals surface area contributed by atoms with E-state index in [4.69, 9.17) is 0 Å². The number of rotatable bonds is 1. The van der Waals surface area contributed by atoms with E-state index in [9.17, 15) is 8.78 Å². The number of thiophene rings is 1. The molecule has 0 fully saturated rings. The van der Waals surface area contributed by atoms with Crippen molar-refractivity contribution < 1.29 is 8.78 Å². The molecule has 0 N–H and O–H groups in total. The molecule has 5 rings (SSSR count). The van der Waals surface area contributed by atoms with Crippen LogP contribution in [0.15, 0.2) is 24.5 Å². The average Bonchev–Trinajstić information content (AvgIpc) is 3.16. The molecule has 25 heavy (non-hydrogen) atoms. The molecule has 1 aliphatic rings. The highest BCUT2D eigenvalue weighted by molar-refractivity contribution is 7.19.